The number of rotatable bonds is 4. The van der Waals surface area contributed by atoms with Crippen LogP contribution in [0, 0.1) is 5.92 Å². The molecule has 102 valence electrons. The molecule has 2 aromatic rings. The Morgan fingerprint density at radius 1 is 1.26 bits per heavy atom. The van der Waals surface area contributed by atoms with Gasteiger partial charge in [-0.3, -0.25) is 0 Å². The van der Waals surface area contributed by atoms with Gasteiger partial charge in [-0.05, 0) is 24.1 Å². The first kappa shape index (κ1) is 14.3. The Hall–Kier alpha value is -1.10. The zero-order valence-corrected chi connectivity index (χ0v) is 12.2. The van der Waals surface area contributed by atoms with Gasteiger partial charge in [-0.15, -0.1) is 0 Å². The van der Waals surface area contributed by atoms with Crippen LogP contribution < -0.4 is 5.73 Å². The van der Waals surface area contributed by atoms with Gasteiger partial charge in [-0.1, -0.05) is 48.6 Å². The number of halogens is 2. The van der Waals surface area contributed by atoms with Crippen molar-refractivity contribution in [2.75, 3.05) is 0 Å². The average molecular weight is 300 g/mol. The van der Waals surface area contributed by atoms with E-state index in [0.29, 0.717) is 27.3 Å². The molecule has 0 saturated heterocycles. The van der Waals surface area contributed by atoms with E-state index in [1.165, 1.54) is 0 Å². The second-order valence-corrected chi connectivity index (χ2v) is 5.40. The molecule has 0 aliphatic carbocycles. The minimum absolute atomic E-state index is 0.263. The van der Waals surface area contributed by atoms with Gasteiger partial charge in [0.1, 0.15) is 0 Å². The number of hydrogen-bond donors (Lipinski definition) is 1. The normalized spacial score (nSPS) is 14.4. The largest absolute Gasteiger partial charge is 0.337 e. The van der Waals surface area contributed by atoms with Crippen molar-refractivity contribution < 1.29 is 4.52 Å². The van der Waals surface area contributed by atoms with Gasteiger partial charge in [0.15, 0.2) is 0 Å². The van der Waals surface area contributed by atoms with E-state index < -0.39 is 0 Å². The lowest BCUT2D eigenvalue weighted by Crippen LogP contribution is -2.18. The maximum Gasteiger partial charge on any atom is 0.244 e. The zero-order valence-electron chi connectivity index (χ0n) is 10.7. The smallest absolute Gasteiger partial charge is 0.244 e. The molecule has 0 fully saturated rings. The van der Waals surface area contributed by atoms with Crippen LogP contribution in [0.2, 0.25) is 10.0 Å². The zero-order chi connectivity index (χ0) is 14.0. The van der Waals surface area contributed by atoms with Crippen molar-refractivity contribution in [3.8, 4) is 11.4 Å². The van der Waals surface area contributed by atoms with Gasteiger partial charge in [0.05, 0.1) is 6.04 Å². The minimum atomic E-state index is -0.263. The molecule has 1 unspecified atom stereocenters. The highest BCUT2D eigenvalue weighted by atomic mass is 35.5. The Labute approximate surface area is 121 Å². The molecule has 2 atom stereocenters. The molecular weight excluding hydrogens is 285 g/mol. The van der Waals surface area contributed by atoms with Crippen molar-refractivity contribution in [2.24, 2.45) is 11.7 Å². The highest BCUT2D eigenvalue weighted by molar-refractivity contribution is 6.35. The van der Waals surface area contributed by atoms with Crippen LogP contribution >= 0.6 is 23.2 Å². The van der Waals surface area contributed by atoms with Crippen LogP contribution in [0.5, 0.6) is 0 Å². The Morgan fingerprint density at radius 2 is 1.89 bits per heavy atom. The van der Waals surface area contributed by atoms with Crippen molar-refractivity contribution in [2.45, 2.75) is 26.3 Å². The van der Waals surface area contributed by atoms with E-state index in [2.05, 4.69) is 17.1 Å². The lowest BCUT2D eigenvalue weighted by atomic mass is 10.0. The molecule has 0 aliphatic rings. The molecule has 1 aromatic carbocycles. The molecule has 0 bridgehead atoms. The maximum absolute atomic E-state index is 6.05. The molecule has 0 amide bonds. The molecular formula is C13H15Cl2N3O. The summed E-state index contributed by atoms with van der Waals surface area (Å²) in [4.78, 5) is 4.31. The van der Waals surface area contributed by atoms with E-state index in [1.807, 2.05) is 6.92 Å². The Morgan fingerprint density at radius 3 is 2.47 bits per heavy atom. The van der Waals surface area contributed by atoms with Gasteiger partial charge in [0.2, 0.25) is 11.7 Å². The summed E-state index contributed by atoms with van der Waals surface area (Å²) in [6, 6.07) is 4.85. The molecule has 6 heteroatoms. The summed E-state index contributed by atoms with van der Waals surface area (Å²) in [5.41, 5.74) is 6.76. The van der Waals surface area contributed by atoms with E-state index in [-0.39, 0.29) is 12.0 Å². The lowest BCUT2D eigenvalue weighted by Gasteiger charge is -2.12. The summed E-state index contributed by atoms with van der Waals surface area (Å²) in [6.07, 6.45) is 0.946. The topological polar surface area (TPSA) is 64.9 Å². The Kier molecular flexibility index (Phi) is 4.45. The molecule has 4 nitrogen and oxygen atoms in total. The van der Waals surface area contributed by atoms with Crippen molar-refractivity contribution in [3.05, 3.63) is 34.1 Å². The summed E-state index contributed by atoms with van der Waals surface area (Å²) >= 11 is 11.9. The molecule has 2 rings (SSSR count). The number of hydrogen-bond acceptors (Lipinski definition) is 4. The summed E-state index contributed by atoms with van der Waals surface area (Å²) < 4.78 is 5.21. The molecule has 0 spiro atoms. The molecule has 2 N–H and O–H groups in total. The number of aromatic nitrogens is 2. The second-order valence-electron chi connectivity index (χ2n) is 4.53. The third-order valence-corrected chi connectivity index (χ3v) is 3.54. The fourth-order valence-corrected chi connectivity index (χ4v) is 2.19. The van der Waals surface area contributed by atoms with Crippen LogP contribution in [-0.4, -0.2) is 10.1 Å². The summed E-state index contributed by atoms with van der Waals surface area (Å²) in [6.45, 7) is 4.11. The highest BCUT2D eigenvalue weighted by Gasteiger charge is 2.20. The predicted molar refractivity (Wildman–Crippen MR) is 76.1 cm³/mol. The second kappa shape index (κ2) is 5.90. The molecule has 0 aliphatic heterocycles. The van der Waals surface area contributed by atoms with E-state index in [1.54, 1.807) is 18.2 Å². The van der Waals surface area contributed by atoms with Crippen LogP contribution in [0.1, 0.15) is 32.2 Å². The Balaban J connectivity index is 2.30. The molecule has 1 aromatic heterocycles. The molecule has 19 heavy (non-hydrogen) atoms. The minimum Gasteiger partial charge on any atom is -0.337 e. The number of nitrogens with two attached hydrogens (primary N) is 1. The SMILES string of the molecule is CCC(C)[C@H](N)c1nc(-c2cc(Cl)cc(Cl)c2)no1. The average Bonchev–Trinajstić information content (AvgIpc) is 2.85. The van der Waals surface area contributed by atoms with Gasteiger partial charge >= 0.3 is 0 Å². The summed E-state index contributed by atoms with van der Waals surface area (Å²) in [5, 5.41) is 4.98. The van der Waals surface area contributed by atoms with Crippen LogP contribution in [0.15, 0.2) is 22.7 Å². The van der Waals surface area contributed by atoms with Gasteiger partial charge < -0.3 is 10.3 Å². The van der Waals surface area contributed by atoms with Gasteiger partial charge in [0.25, 0.3) is 0 Å². The van der Waals surface area contributed by atoms with Crippen LogP contribution in [-0.2, 0) is 0 Å². The van der Waals surface area contributed by atoms with E-state index >= 15 is 0 Å². The first-order chi connectivity index (χ1) is 9.01. The van der Waals surface area contributed by atoms with Crippen molar-refractivity contribution >= 4 is 23.2 Å². The summed E-state index contributed by atoms with van der Waals surface area (Å²) in [7, 11) is 0. The number of nitrogens with zero attached hydrogens (tertiary/aromatic N) is 2. The highest BCUT2D eigenvalue weighted by Crippen LogP contribution is 2.27. The van der Waals surface area contributed by atoms with Gasteiger partial charge in [-0.25, -0.2) is 0 Å². The number of benzene rings is 1. The van der Waals surface area contributed by atoms with Gasteiger partial charge in [0, 0.05) is 15.6 Å². The van der Waals surface area contributed by atoms with E-state index in [0.717, 1.165) is 6.42 Å². The first-order valence-corrected chi connectivity index (χ1v) is 6.82. The fourth-order valence-electron chi connectivity index (χ4n) is 1.67. The lowest BCUT2D eigenvalue weighted by molar-refractivity contribution is 0.312. The quantitative estimate of drug-likeness (QED) is 0.923. The van der Waals surface area contributed by atoms with Crippen molar-refractivity contribution in [1.29, 1.82) is 0 Å². The molecule has 1 heterocycles. The van der Waals surface area contributed by atoms with Crippen LogP contribution in [0.25, 0.3) is 11.4 Å². The Bertz CT molecular complexity index is 551. The molecule has 0 saturated carbocycles. The van der Waals surface area contributed by atoms with Crippen molar-refractivity contribution in [3.63, 3.8) is 0 Å². The van der Waals surface area contributed by atoms with Crippen LogP contribution in [0.4, 0.5) is 0 Å². The van der Waals surface area contributed by atoms with E-state index in [4.69, 9.17) is 33.5 Å². The fraction of sp³-hybridized carbons (Fsp3) is 0.385. The van der Waals surface area contributed by atoms with E-state index in [9.17, 15) is 0 Å². The van der Waals surface area contributed by atoms with Gasteiger partial charge in [-0.2, -0.15) is 4.98 Å². The van der Waals surface area contributed by atoms with Crippen LogP contribution in [0.3, 0.4) is 0 Å². The van der Waals surface area contributed by atoms with Crippen molar-refractivity contribution in [1.82, 2.24) is 10.1 Å². The monoisotopic (exact) mass is 299 g/mol. The standard InChI is InChI=1S/C13H15Cl2N3O/c1-3-7(2)11(16)13-17-12(18-19-13)8-4-9(14)6-10(15)5-8/h4-7,11H,3,16H2,1-2H3/t7?,11-/m0/s1. The first-order valence-electron chi connectivity index (χ1n) is 6.07. The summed E-state index contributed by atoms with van der Waals surface area (Å²) in [5.74, 6) is 1.15. The third kappa shape index (κ3) is 3.26. The predicted octanol–water partition coefficient (Wildman–Crippen LogP) is 4.09. The molecule has 0 radical (unpaired) electrons. The third-order valence-electron chi connectivity index (χ3n) is 3.10. The maximum atomic E-state index is 6.05.